The van der Waals surface area contributed by atoms with Gasteiger partial charge >= 0.3 is 0 Å². The van der Waals surface area contributed by atoms with Crippen LogP contribution >= 0.6 is 11.3 Å². The van der Waals surface area contributed by atoms with Gasteiger partial charge in [0.05, 0.1) is 17.9 Å². The van der Waals surface area contributed by atoms with E-state index in [4.69, 9.17) is 4.74 Å². The van der Waals surface area contributed by atoms with Crippen LogP contribution < -0.4 is 15.4 Å². The molecule has 0 atom stereocenters. The van der Waals surface area contributed by atoms with Gasteiger partial charge in [0.15, 0.2) is 5.13 Å². The zero-order chi connectivity index (χ0) is 16.2. The summed E-state index contributed by atoms with van der Waals surface area (Å²) in [6.07, 6.45) is 1.58. The standard InChI is InChI=1S/C16H17N3O3S/c1-2-22-12-8-4-3-6-10(12)14(20)19-16-18-11-7-5-9-17-15(21)13(11)23-16/h3-4,6,8H,2,5,7,9H2,1H3,(H,17,21)(H,18,19,20). The summed E-state index contributed by atoms with van der Waals surface area (Å²) in [6.45, 7) is 3.01. The van der Waals surface area contributed by atoms with E-state index in [1.165, 1.54) is 11.3 Å². The Labute approximate surface area is 137 Å². The Kier molecular flexibility index (Phi) is 4.57. The monoisotopic (exact) mass is 331 g/mol. The van der Waals surface area contributed by atoms with Crippen molar-refractivity contribution in [2.75, 3.05) is 18.5 Å². The van der Waals surface area contributed by atoms with Gasteiger partial charge in [0, 0.05) is 6.54 Å². The molecule has 23 heavy (non-hydrogen) atoms. The smallest absolute Gasteiger partial charge is 0.263 e. The highest BCUT2D eigenvalue weighted by Gasteiger charge is 2.22. The minimum Gasteiger partial charge on any atom is -0.493 e. The number of benzene rings is 1. The molecule has 0 saturated heterocycles. The summed E-state index contributed by atoms with van der Waals surface area (Å²) in [4.78, 5) is 29.4. The average molecular weight is 331 g/mol. The quantitative estimate of drug-likeness (QED) is 0.902. The van der Waals surface area contributed by atoms with Crippen LogP contribution in [-0.2, 0) is 6.42 Å². The molecule has 0 radical (unpaired) electrons. The number of thiazole rings is 1. The third kappa shape index (κ3) is 3.34. The molecule has 7 heteroatoms. The number of hydrogen-bond acceptors (Lipinski definition) is 5. The third-order valence-electron chi connectivity index (χ3n) is 3.43. The first-order valence-electron chi connectivity index (χ1n) is 7.50. The minimum atomic E-state index is -0.293. The molecule has 0 unspecified atom stereocenters. The topological polar surface area (TPSA) is 80.3 Å². The van der Waals surface area contributed by atoms with Crippen molar-refractivity contribution >= 4 is 28.3 Å². The van der Waals surface area contributed by atoms with Gasteiger partial charge in [-0.2, -0.15) is 0 Å². The number of carbonyl (C=O) groups excluding carboxylic acids is 2. The molecule has 2 aromatic rings. The summed E-state index contributed by atoms with van der Waals surface area (Å²) in [5.41, 5.74) is 1.20. The van der Waals surface area contributed by atoms with Crippen LogP contribution in [0, 0.1) is 0 Å². The van der Waals surface area contributed by atoms with E-state index >= 15 is 0 Å². The molecule has 3 rings (SSSR count). The second-order valence-corrected chi connectivity index (χ2v) is 6.04. The molecule has 2 N–H and O–H groups in total. The summed E-state index contributed by atoms with van der Waals surface area (Å²) >= 11 is 1.20. The van der Waals surface area contributed by atoms with Gasteiger partial charge in [0.25, 0.3) is 11.8 Å². The Morgan fingerprint density at radius 2 is 2.26 bits per heavy atom. The maximum Gasteiger partial charge on any atom is 0.263 e. The Balaban J connectivity index is 1.81. The van der Waals surface area contributed by atoms with Crippen LogP contribution in [0.5, 0.6) is 5.75 Å². The zero-order valence-electron chi connectivity index (χ0n) is 12.7. The Hall–Kier alpha value is -2.41. The molecule has 120 valence electrons. The maximum atomic E-state index is 12.4. The highest BCUT2D eigenvalue weighted by molar-refractivity contribution is 7.17. The summed E-state index contributed by atoms with van der Waals surface area (Å²) < 4.78 is 5.47. The third-order valence-corrected chi connectivity index (χ3v) is 4.44. The Morgan fingerprint density at radius 3 is 3.09 bits per heavy atom. The van der Waals surface area contributed by atoms with Crippen molar-refractivity contribution in [3.63, 3.8) is 0 Å². The molecule has 2 heterocycles. The van der Waals surface area contributed by atoms with Gasteiger partial charge < -0.3 is 10.1 Å². The van der Waals surface area contributed by atoms with Gasteiger partial charge in [-0.15, -0.1) is 0 Å². The predicted molar refractivity (Wildman–Crippen MR) is 88.3 cm³/mol. The highest BCUT2D eigenvalue weighted by Crippen LogP contribution is 2.27. The number of nitrogens with one attached hydrogen (secondary N) is 2. The van der Waals surface area contributed by atoms with E-state index in [1.54, 1.807) is 18.2 Å². The number of aromatic nitrogens is 1. The first kappa shape index (κ1) is 15.5. The number of hydrogen-bond donors (Lipinski definition) is 2. The van der Waals surface area contributed by atoms with Crippen molar-refractivity contribution in [2.45, 2.75) is 19.8 Å². The van der Waals surface area contributed by atoms with Crippen LogP contribution in [0.2, 0.25) is 0 Å². The van der Waals surface area contributed by atoms with Gasteiger partial charge in [0.2, 0.25) is 0 Å². The number of nitrogens with zero attached hydrogens (tertiary/aromatic N) is 1. The summed E-state index contributed by atoms with van der Waals surface area (Å²) in [7, 11) is 0. The van der Waals surface area contributed by atoms with Crippen LogP contribution in [0.1, 0.15) is 39.1 Å². The van der Waals surface area contributed by atoms with Crippen molar-refractivity contribution < 1.29 is 14.3 Å². The lowest BCUT2D eigenvalue weighted by atomic mass is 10.2. The fourth-order valence-electron chi connectivity index (χ4n) is 2.39. The van der Waals surface area contributed by atoms with Gasteiger partial charge in [-0.25, -0.2) is 4.98 Å². The molecule has 1 aliphatic rings. The van der Waals surface area contributed by atoms with Gasteiger partial charge in [-0.1, -0.05) is 23.5 Å². The zero-order valence-corrected chi connectivity index (χ0v) is 13.5. The van der Waals surface area contributed by atoms with E-state index < -0.39 is 0 Å². The molecule has 0 aliphatic carbocycles. The molecule has 1 aliphatic heterocycles. The summed E-state index contributed by atoms with van der Waals surface area (Å²) in [5, 5.41) is 6.02. The SMILES string of the molecule is CCOc1ccccc1C(=O)Nc1nc2c(s1)C(=O)NCCC2. The maximum absolute atomic E-state index is 12.4. The van der Waals surface area contributed by atoms with Crippen molar-refractivity contribution in [1.29, 1.82) is 0 Å². The number of anilines is 1. The minimum absolute atomic E-state index is 0.120. The second-order valence-electron chi connectivity index (χ2n) is 5.04. The lowest BCUT2D eigenvalue weighted by Crippen LogP contribution is -2.21. The number of aryl methyl sites for hydroxylation is 1. The van der Waals surface area contributed by atoms with Gasteiger partial charge in [0.1, 0.15) is 10.6 Å². The number of ether oxygens (including phenoxy) is 1. The van der Waals surface area contributed by atoms with Crippen molar-refractivity contribution in [1.82, 2.24) is 10.3 Å². The van der Waals surface area contributed by atoms with E-state index in [9.17, 15) is 9.59 Å². The summed E-state index contributed by atoms with van der Waals surface area (Å²) in [5.74, 6) is 0.118. The van der Waals surface area contributed by atoms with E-state index in [0.717, 1.165) is 18.5 Å². The van der Waals surface area contributed by atoms with Crippen molar-refractivity contribution in [2.24, 2.45) is 0 Å². The van der Waals surface area contributed by atoms with E-state index in [-0.39, 0.29) is 11.8 Å². The Bertz CT molecular complexity index is 742. The largest absolute Gasteiger partial charge is 0.493 e. The molecule has 0 spiro atoms. The second kappa shape index (κ2) is 6.78. The van der Waals surface area contributed by atoms with Crippen LogP contribution in [-0.4, -0.2) is 29.9 Å². The van der Waals surface area contributed by atoms with E-state index in [0.29, 0.717) is 34.5 Å². The molecule has 1 aromatic carbocycles. The first-order chi connectivity index (χ1) is 11.2. The molecular formula is C16H17N3O3S. The van der Waals surface area contributed by atoms with Crippen LogP contribution in [0.15, 0.2) is 24.3 Å². The number of para-hydroxylation sites is 1. The number of rotatable bonds is 4. The Morgan fingerprint density at radius 1 is 1.43 bits per heavy atom. The van der Waals surface area contributed by atoms with E-state index in [1.807, 2.05) is 13.0 Å². The molecule has 0 bridgehead atoms. The average Bonchev–Trinajstić information content (AvgIpc) is 2.87. The molecular weight excluding hydrogens is 314 g/mol. The van der Waals surface area contributed by atoms with Gasteiger partial charge in [-0.05, 0) is 31.9 Å². The lowest BCUT2D eigenvalue weighted by molar-refractivity contribution is 0.0958. The van der Waals surface area contributed by atoms with E-state index in [2.05, 4.69) is 15.6 Å². The fraction of sp³-hybridized carbons (Fsp3) is 0.312. The van der Waals surface area contributed by atoms with Crippen LogP contribution in [0.3, 0.4) is 0 Å². The van der Waals surface area contributed by atoms with Crippen molar-refractivity contribution in [3.05, 3.63) is 40.4 Å². The fourth-order valence-corrected chi connectivity index (χ4v) is 3.31. The molecule has 0 fully saturated rings. The summed E-state index contributed by atoms with van der Waals surface area (Å²) in [6, 6.07) is 7.05. The first-order valence-corrected chi connectivity index (χ1v) is 8.31. The number of fused-ring (bicyclic) bond motifs is 1. The molecule has 0 saturated carbocycles. The molecule has 2 amide bonds. The predicted octanol–water partition coefficient (Wildman–Crippen LogP) is 2.47. The molecule has 1 aromatic heterocycles. The van der Waals surface area contributed by atoms with Gasteiger partial charge in [-0.3, -0.25) is 14.9 Å². The normalized spacial score (nSPS) is 13.7. The lowest BCUT2D eigenvalue weighted by Gasteiger charge is -2.09. The highest BCUT2D eigenvalue weighted by atomic mass is 32.1. The number of amides is 2. The van der Waals surface area contributed by atoms with Crippen molar-refractivity contribution in [3.8, 4) is 5.75 Å². The van der Waals surface area contributed by atoms with Crippen LogP contribution in [0.4, 0.5) is 5.13 Å². The van der Waals surface area contributed by atoms with Crippen LogP contribution in [0.25, 0.3) is 0 Å². The molecule has 6 nitrogen and oxygen atoms in total. The number of carbonyl (C=O) groups is 2.